The van der Waals surface area contributed by atoms with Gasteiger partial charge in [-0.1, -0.05) is 32.9 Å². The van der Waals surface area contributed by atoms with Crippen molar-refractivity contribution in [2.75, 3.05) is 12.4 Å². The zero-order valence-corrected chi connectivity index (χ0v) is 14.3. The number of thiazole rings is 1. The van der Waals surface area contributed by atoms with E-state index in [9.17, 15) is 4.79 Å². The number of methoxy groups -OCH3 is 1. The van der Waals surface area contributed by atoms with Crippen molar-refractivity contribution < 1.29 is 9.53 Å². The van der Waals surface area contributed by atoms with Gasteiger partial charge in [-0.2, -0.15) is 0 Å². The molecule has 0 aliphatic rings. The molecule has 2 rings (SSSR count). The lowest BCUT2D eigenvalue weighted by Gasteiger charge is -2.14. The van der Waals surface area contributed by atoms with Crippen LogP contribution in [0.2, 0.25) is 0 Å². The van der Waals surface area contributed by atoms with Gasteiger partial charge in [0.1, 0.15) is 5.75 Å². The van der Waals surface area contributed by atoms with Crippen LogP contribution in [0.5, 0.6) is 5.75 Å². The van der Waals surface area contributed by atoms with Crippen molar-refractivity contribution in [2.45, 2.75) is 39.0 Å². The van der Waals surface area contributed by atoms with Gasteiger partial charge in [0.25, 0.3) is 0 Å². The van der Waals surface area contributed by atoms with Crippen LogP contribution in [0.15, 0.2) is 29.6 Å². The summed E-state index contributed by atoms with van der Waals surface area (Å²) in [7, 11) is 1.59. The highest BCUT2D eigenvalue weighted by Crippen LogP contribution is 2.25. The summed E-state index contributed by atoms with van der Waals surface area (Å²) in [5, 5.41) is 5.96. The molecule has 1 aromatic heterocycles. The first kappa shape index (κ1) is 16.5. The minimum Gasteiger partial charge on any atom is -0.495 e. The van der Waals surface area contributed by atoms with E-state index in [1.807, 2.05) is 24.3 Å². The number of hydrogen-bond donors (Lipinski definition) is 1. The Balaban J connectivity index is 1.92. The molecule has 0 saturated carbocycles. The Kier molecular flexibility index (Phi) is 5.19. The van der Waals surface area contributed by atoms with Crippen LogP contribution in [0.1, 0.15) is 37.9 Å². The second-order valence-electron chi connectivity index (χ2n) is 6.12. The number of amides is 1. The molecule has 22 heavy (non-hydrogen) atoms. The number of carbonyl (C=O) groups excluding carboxylic acids is 1. The summed E-state index contributed by atoms with van der Waals surface area (Å²) in [6.45, 7) is 6.42. The van der Waals surface area contributed by atoms with Gasteiger partial charge in [-0.15, -0.1) is 11.3 Å². The number of rotatable bonds is 5. The van der Waals surface area contributed by atoms with Gasteiger partial charge in [0.05, 0.1) is 23.5 Å². The molecular formula is C17H22N2O2S. The first-order valence-corrected chi connectivity index (χ1v) is 8.16. The van der Waals surface area contributed by atoms with E-state index in [0.717, 1.165) is 10.7 Å². The van der Waals surface area contributed by atoms with Crippen molar-refractivity contribution >= 4 is 22.9 Å². The van der Waals surface area contributed by atoms with E-state index in [2.05, 4.69) is 36.5 Å². The Bertz CT molecular complexity index is 644. The predicted molar refractivity (Wildman–Crippen MR) is 90.8 cm³/mol. The smallest absolute Gasteiger partial charge is 0.224 e. The van der Waals surface area contributed by atoms with Crippen molar-refractivity contribution in [1.29, 1.82) is 0 Å². The Morgan fingerprint density at radius 2 is 2.05 bits per heavy atom. The van der Waals surface area contributed by atoms with Gasteiger partial charge in [-0.25, -0.2) is 4.98 Å². The number of anilines is 1. The number of aromatic nitrogens is 1. The molecule has 5 heteroatoms. The summed E-state index contributed by atoms with van der Waals surface area (Å²) >= 11 is 1.62. The average Bonchev–Trinajstić information content (AvgIpc) is 2.95. The van der Waals surface area contributed by atoms with Crippen LogP contribution in [-0.4, -0.2) is 18.0 Å². The zero-order chi connectivity index (χ0) is 16.2. The maximum Gasteiger partial charge on any atom is 0.224 e. The molecule has 1 N–H and O–H groups in total. The van der Waals surface area contributed by atoms with Crippen LogP contribution in [-0.2, 0) is 16.6 Å². The van der Waals surface area contributed by atoms with Crippen LogP contribution in [0, 0.1) is 0 Å². The number of carbonyl (C=O) groups is 1. The van der Waals surface area contributed by atoms with Crippen LogP contribution < -0.4 is 10.1 Å². The molecule has 1 heterocycles. The molecule has 2 aromatic rings. The number of nitrogens with one attached hydrogen (secondary N) is 1. The molecule has 0 atom stereocenters. The fraction of sp³-hybridized carbons (Fsp3) is 0.412. The van der Waals surface area contributed by atoms with Crippen molar-refractivity contribution in [1.82, 2.24) is 4.98 Å². The number of para-hydroxylation sites is 2. The second kappa shape index (κ2) is 6.92. The number of nitrogens with zero attached hydrogens (tertiary/aromatic N) is 1. The number of ether oxygens (including phenoxy) is 1. The van der Waals surface area contributed by atoms with Gasteiger partial charge < -0.3 is 10.1 Å². The molecule has 0 bridgehead atoms. The number of hydrogen-bond acceptors (Lipinski definition) is 4. The van der Waals surface area contributed by atoms with Crippen LogP contribution in [0.4, 0.5) is 5.69 Å². The fourth-order valence-electron chi connectivity index (χ4n) is 1.95. The normalized spacial score (nSPS) is 11.3. The lowest BCUT2D eigenvalue weighted by molar-refractivity contribution is -0.116. The summed E-state index contributed by atoms with van der Waals surface area (Å²) < 4.78 is 5.22. The van der Waals surface area contributed by atoms with E-state index in [0.29, 0.717) is 24.3 Å². The van der Waals surface area contributed by atoms with Crippen molar-refractivity contribution in [3.63, 3.8) is 0 Å². The Morgan fingerprint density at radius 1 is 1.32 bits per heavy atom. The van der Waals surface area contributed by atoms with Gasteiger partial charge in [-0.05, 0) is 12.1 Å². The molecule has 0 aliphatic carbocycles. The van der Waals surface area contributed by atoms with Gasteiger partial charge >= 0.3 is 0 Å². The molecular weight excluding hydrogens is 296 g/mol. The lowest BCUT2D eigenvalue weighted by atomic mass is 9.93. The van der Waals surface area contributed by atoms with Gasteiger partial charge in [0.15, 0.2) is 0 Å². The van der Waals surface area contributed by atoms with Gasteiger partial charge in [-0.3, -0.25) is 4.79 Å². The summed E-state index contributed by atoms with van der Waals surface area (Å²) in [6, 6.07) is 7.40. The average molecular weight is 318 g/mol. The van der Waals surface area contributed by atoms with E-state index in [-0.39, 0.29) is 11.3 Å². The number of benzene rings is 1. The van der Waals surface area contributed by atoms with E-state index in [4.69, 9.17) is 4.74 Å². The first-order valence-electron chi connectivity index (χ1n) is 7.28. The van der Waals surface area contributed by atoms with E-state index >= 15 is 0 Å². The van der Waals surface area contributed by atoms with E-state index in [1.165, 1.54) is 0 Å². The third-order valence-corrected chi connectivity index (χ3v) is 4.18. The quantitative estimate of drug-likeness (QED) is 0.906. The number of aryl methyl sites for hydroxylation is 1. The Morgan fingerprint density at radius 3 is 2.68 bits per heavy atom. The van der Waals surface area contributed by atoms with Crippen molar-refractivity contribution in [3.8, 4) is 5.75 Å². The molecule has 0 fully saturated rings. The summed E-state index contributed by atoms with van der Waals surface area (Å²) in [4.78, 5) is 16.7. The third kappa shape index (κ3) is 4.31. The predicted octanol–water partition coefficient (Wildman–Crippen LogP) is 4.02. The summed E-state index contributed by atoms with van der Waals surface area (Å²) in [5.41, 5.74) is 1.83. The van der Waals surface area contributed by atoms with Crippen molar-refractivity contribution in [3.05, 3.63) is 40.3 Å². The van der Waals surface area contributed by atoms with Crippen molar-refractivity contribution in [2.24, 2.45) is 0 Å². The SMILES string of the molecule is COc1ccccc1NC(=O)CCc1nc(C(C)(C)C)cs1. The summed E-state index contributed by atoms with van der Waals surface area (Å²) in [6.07, 6.45) is 1.07. The molecule has 0 radical (unpaired) electrons. The molecule has 0 unspecified atom stereocenters. The topological polar surface area (TPSA) is 51.2 Å². The molecule has 0 saturated heterocycles. The Labute approximate surface area is 135 Å². The molecule has 0 spiro atoms. The second-order valence-corrected chi connectivity index (χ2v) is 7.07. The summed E-state index contributed by atoms with van der Waals surface area (Å²) in [5.74, 6) is 0.636. The maximum absolute atomic E-state index is 12.1. The van der Waals surface area contributed by atoms with E-state index in [1.54, 1.807) is 18.4 Å². The molecule has 0 aliphatic heterocycles. The van der Waals surface area contributed by atoms with Crippen LogP contribution in [0.25, 0.3) is 0 Å². The molecule has 1 amide bonds. The van der Waals surface area contributed by atoms with E-state index < -0.39 is 0 Å². The van der Waals surface area contributed by atoms with Gasteiger partial charge in [0.2, 0.25) is 5.91 Å². The van der Waals surface area contributed by atoms with Crippen LogP contribution >= 0.6 is 11.3 Å². The highest BCUT2D eigenvalue weighted by Gasteiger charge is 2.17. The highest BCUT2D eigenvalue weighted by atomic mass is 32.1. The fourth-order valence-corrected chi connectivity index (χ4v) is 2.98. The minimum atomic E-state index is -0.0305. The van der Waals surface area contributed by atoms with Gasteiger partial charge in [0, 0.05) is 23.6 Å². The Hall–Kier alpha value is -1.88. The molecule has 1 aromatic carbocycles. The lowest BCUT2D eigenvalue weighted by Crippen LogP contribution is -2.14. The first-order chi connectivity index (χ1) is 10.4. The largest absolute Gasteiger partial charge is 0.495 e. The standard InChI is InChI=1S/C17H22N2O2S/c1-17(2,3)14-11-22-16(19-14)10-9-15(20)18-12-7-5-6-8-13(12)21-4/h5-8,11H,9-10H2,1-4H3,(H,18,20). The zero-order valence-electron chi connectivity index (χ0n) is 13.5. The third-order valence-electron chi connectivity index (χ3n) is 3.27. The van der Waals surface area contributed by atoms with Crippen LogP contribution in [0.3, 0.4) is 0 Å². The molecule has 118 valence electrons. The molecule has 4 nitrogen and oxygen atoms in total. The minimum absolute atomic E-state index is 0.0305. The maximum atomic E-state index is 12.1. The monoisotopic (exact) mass is 318 g/mol. The highest BCUT2D eigenvalue weighted by molar-refractivity contribution is 7.09.